The molecule has 2 heterocycles. The van der Waals surface area contributed by atoms with E-state index >= 15 is 0 Å². The van der Waals surface area contributed by atoms with Crippen LogP contribution in [0.15, 0.2) is 60.7 Å². The first-order chi connectivity index (χ1) is 17.6. The number of hydrogen-bond acceptors (Lipinski definition) is 8. The fourth-order valence-corrected chi connectivity index (χ4v) is 4.51. The minimum Gasteiger partial charge on any atom is -0.493 e. The van der Waals surface area contributed by atoms with Gasteiger partial charge in [-0.2, -0.15) is 5.90 Å². The highest BCUT2D eigenvalue weighted by Gasteiger charge is 2.32. The molecule has 3 aromatic carbocycles. The Morgan fingerprint density at radius 3 is 2.64 bits per heavy atom. The maximum Gasteiger partial charge on any atom is 0.341 e. The number of methoxy groups -OCH3 is 1. The summed E-state index contributed by atoms with van der Waals surface area (Å²) in [6, 6.07) is 16.8. The largest absolute Gasteiger partial charge is 0.493 e. The highest BCUT2D eigenvalue weighted by atomic mass is 16.7. The lowest BCUT2D eigenvalue weighted by molar-refractivity contribution is -0.147. The van der Waals surface area contributed by atoms with Crippen LogP contribution in [-0.4, -0.2) is 25.9 Å². The van der Waals surface area contributed by atoms with Gasteiger partial charge in [-0.3, -0.25) is 5.32 Å². The molecule has 36 heavy (non-hydrogen) atoms. The van der Waals surface area contributed by atoms with Crippen molar-refractivity contribution in [1.29, 1.82) is 0 Å². The second kappa shape index (κ2) is 10.3. The zero-order valence-corrected chi connectivity index (χ0v) is 20.2. The van der Waals surface area contributed by atoms with Crippen LogP contribution >= 0.6 is 0 Å². The van der Waals surface area contributed by atoms with Crippen LogP contribution < -0.4 is 30.2 Å². The average Bonchev–Trinajstić information content (AvgIpc) is 3.36. The molecule has 3 N–H and O–H groups in total. The third-order valence-corrected chi connectivity index (χ3v) is 6.43. The van der Waals surface area contributed by atoms with Crippen molar-refractivity contribution in [3.8, 4) is 23.0 Å². The van der Waals surface area contributed by atoms with Crippen LogP contribution in [0.4, 0.5) is 0 Å². The first-order valence-electron chi connectivity index (χ1n) is 11.7. The molecule has 0 spiro atoms. The Labute approximate surface area is 209 Å². The first-order valence-corrected chi connectivity index (χ1v) is 11.7. The van der Waals surface area contributed by atoms with E-state index in [1.54, 1.807) is 7.11 Å². The molecule has 186 valence electrons. The SMILES string of the molecule is COc1cc2c(cc1OCc1ccccc1)CC(C(=O)ON)NC2/C=C/c1cc2c(cc1C)OCO2. The summed E-state index contributed by atoms with van der Waals surface area (Å²) in [4.78, 5) is 16.9. The number of fused-ring (bicyclic) bond motifs is 2. The molecule has 2 unspecified atom stereocenters. The van der Waals surface area contributed by atoms with E-state index in [0.717, 1.165) is 33.6 Å². The van der Waals surface area contributed by atoms with E-state index in [1.807, 2.05) is 73.7 Å². The van der Waals surface area contributed by atoms with Crippen LogP contribution in [0.2, 0.25) is 0 Å². The molecule has 8 nitrogen and oxygen atoms in total. The Hall–Kier alpha value is -4.01. The van der Waals surface area contributed by atoms with Gasteiger partial charge in [-0.25, -0.2) is 4.79 Å². The van der Waals surface area contributed by atoms with Crippen LogP contribution in [-0.2, 0) is 22.7 Å². The van der Waals surface area contributed by atoms with Crippen molar-refractivity contribution in [2.75, 3.05) is 13.9 Å². The van der Waals surface area contributed by atoms with Gasteiger partial charge in [0.1, 0.15) is 12.6 Å². The van der Waals surface area contributed by atoms with Gasteiger partial charge < -0.3 is 23.8 Å². The van der Waals surface area contributed by atoms with Gasteiger partial charge in [-0.15, -0.1) is 0 Å². The molecular formula is C28H28N2O6. The quantitative estimate of drug-likeness (QED) is 0.482. The molecule has 8 heteroatoms. The van der Waals surface area contributed by atoms with Crippen LogP contribution in [0.5, 0.6) is 23.0 Å². The predicted molar refractivity (Wildman–Crippen MR) is 134 cm³/mol. The predicted octanol–water partition coefficient (Wildman–Crippen LogP) is 4.00. The average molecular weight is 489 g/mol. The van der Waals surface area contributed by atoms with E-state index in [4.69, 9.17) is 24.8 Å². The summed E-state index contributed by atoms with van der Waals surface area (Å²) < 4.78 is 22.7. The van der Waals surface area contributed by atoms with Gasteiger partial charge in [0.05, 0.1) is 13.2 Å². The fourth-order valence-electron chi connectivity index (χ4n) is 4.51. The van der Waals surface area contributed by atoms with Gasteiger partial charge in [0.2, 0.25) is 6.79 Å². The molecule has 0 amide bonds. The van der Waals surface area contributed by atoms with Gasteiger partial charge in [-0.05, 0) is 65.4 Å². The maximum atomic E-state index is 12.4. The second-order valence-corrected chi connectivity index (χ2v) is 8.74. The third kappa shape index (κ3) is 4.86. The highest BCUT2D eigenvalue weighted by Crippen LogP contribution is 2.39. The maximum absolute atomic E-state index is 12.4. The summed E-state index contributed by atoms with van der Waals surface area (Å²) in [7, 11) is 1.61. The number of hydrogen-bond donors (Lipinski definition) is 2. The van der Waals surface area contributed by atoms with E-state index < -0.39 is 12.0 Å². The van der Waals surface area contributed by atoms with Crippen LogP contribution in [0.3, 0.4) is 0 Å². The lowest BCUT2D eigenvalue weighted by Crippen LogP contribution is -2.45. The summed E-state index contributed by atoms with van der Waals surface area (Å²) in [5.74, 6) is 7.36. The monoisotopic (exact) mass is 488 g/mol. The van der Waals surface area contributed by atoms with E-state index in [2.05, 4.69) is 10.2 Å². The Bertz CT molecular complexity index is 1290. The van der Waals surface area contributed by atoms with E-state index in [-0.39, 0.29) is 12.8 Å². The first kappa shape index (κ1) is 23.7. The highest BCUT2D eigenvalue weighted by molar-refractivity contribution is 5.77. The van der Waals surface area contributed by atoms with Crippen LogP contribution in [0, 0.1) is 6.92 Å². The zero-order chi connectivity index (χ0) is 25.1. The molecule has 5 rings (SSSR count). The van der Waals surface area contributed by atoms with E-state index in [9.17, 15) is 4.79 Å². The molecule has 0 radical (unpaired) electrons. The topological polar surface area (TPSA) is 101 Å². The van der Waals surface area contributed by atoms with Gasteiger partial charge in [-0.1, -0.05) is 42.5 Å². The molecule has 2 aliphatic heterocycles. The van der Waals surface area contributed by atoms with Gasteiger partial charge in [0.25, 0.3) is 0 Å². The molecule has 0 aromatic heterocycles. The van der Waals surface area contributed by atoms with Crippen molar-refractivity contribution in [2.24, 2.45) is 5.90 Å². The molecule has 0 aliphatic carbocycles. The Kier molecular flexibility index (Phi) is 6.79. The minimum absolute atomic E-state index is 0.219. The number of aryl methyl sites for hydroxylation is 1. The lowest BCUT2D eigenvalue weighted by Gasteiger charge is -2.31. The van der Waals surface area contributed by atoms with Crippen molar-refractivity contribution in [2.45, 2.75) is 32.0 Å². The molecule has 3 aromatic rings. The number of carbonyl (C=O) groups excluding carboxylic acids is 1. The summed E-state index contributed by atoms with van der Waals surface area (Å²) in [6.45, 7) is 2.63. The molecule has 0 saturated heterocycles. The van der Waals surface area contributed by atoms with E-state index in [0.29, 0.717) is 30.3 Å². The lowest BCUT2D eigenvalue weighted by atomic mass is 9.89. The fraction of sp³-hybridized carbons (Fsp3) is 0.250. The summed E-state index contributed by atoms with van der Waals surface area (Å²) in [5.41, 5.74) is 5.01. The standard InChI is InChI=1S/C28H28N2O6/c1-17-10-25-27(35-16-34-25)12-19(17)8-9-22-21-14-24(32-2)26(33-15-18-6-4-3-5-7-18)13-20(21)11-23(30-22)28(31)36-29/h3-10,12-14,22-23,30H,11,15-16,29H2,1-2H3/b9-8+. The normalized spacial score (nSPS) is 18.1. The number of rotatable bonds is 7. The Morgan fingerprint density at radius 1 is 1.11 bits per heavy atom. The molecule has 0 bridgehead atoms. The van der Waals surface area contributed by atoms with Gasteiger partial charge in [0, 0.05) is 0 Å². The molecule has 2 atom stereocenters. The van der Waals surface area contributed by atoms with Crippen molar-refractivity contribution in [3.05, 3.63) is 88.5 Å². The van der Waals surface area contributed by atoms with Gasteiger partial charge >= 0.3 is 5.97 Å². The van der Waals surface area contributed by atoms with Crippen molar-refractivity contribution >= 4 is 12.0 Å². The summed E-state index contributed by atoms with van der Waals surface area (Å²) in [6.07, 6.45) is 4.41. The zero-order valence-electron chi connectivity index (χ0n) is 20.2. The number of nitrogens with two attached hydrogens (primary N) is 1. The van der Waals surface area contributed by atoms with E-state index in [1.165, 1.54) is 0 Å². The third-order valence-electron chi connectivity index (χ3n) is 6.43. The second-order valence-electron chi connectivity index (χ2n) is 8.74. The molecule has 0 saturated carbocycles. The van der Waals surface area contributed by atoms with Crippen molar-refractivity contribution in [1.82, 2.24) is 5.32 Å². The number of benzene rings is 3. The Morgan fingerprint density at radius 2 is 1.89 bits per heavy atom. The number of nitrogens with one attached hydrogen (secondary N) is 1. The minimum atomic E-state index is -0.606. The molecule has 0 fully saturated rings. The summed E-state index contributed by atoms with van der Waals surface area (Å²) in [5, 5.41) is 3.34. The molecular weight excluding hydrogens is 460 g/mol. The van der Waals surface area contributed by atoms with Crippen LogP contribution in [0.1, 0.15) is 33.9 Å². The number of ether oxygens (including phenoxy) is 4. The Balaban J connectivity index is 1.47. The van der Waals surface area contributed by atoms with Crippen molar-refractivity contribution in [3.63, 3.8) is 0 Å². The van der Waals surface area contributed by atoms with Crippen LogP contribution in [0.25, 0.3) is 6.08 Å². The van der Waals surface area contributed by atoms with Gasteiger partial charge in [0.15, 0.2) is 23.0 Å². The molecule has 2 aliphatic rings. The number of carbonyl (C=O) groups is 1. The van der Waals surface area contributed by atoms with Crippen molar-refractivity contribution < 1.29 is 28.6 Å². The summed E-state index contributed by atoms with van der Waals surface area (Å²) >= 11 is 0. The smallest absolute Gasteiger partial charge is 0.341 e.